The SMILES string of the molecule is O=C(O)C1CC2CCC1N2Cc1cccc(C2CC2)c1. The third-order valence-electron chi connectivity index (χ3n) is 5.36. The lowest BCUT2D eigenvalue weighted by Crippen LogP contribution is -2.32. The number of carboxylic acids is 1. The Morgan fingerprint density at radius 3 is 2.80 bits per heavy atom. The van der Waals surface area contributed by atoms with Crippen molar-refractivity contribution < 1.29 is 9.90 Å². The lowest BCUT2D eigenvalue weighted by atomic mass is 9.89. The number of carboxylic acid groups (broad SMARTS) is 1. The molecule has 20 heavy (non-hydrogen) atoms. The minimum absolute atomic E-state index is 0.139. The van der Waals surface area contributed by atoms with E-state index in [9.17, 15) is 9.90 Å². The Kier molecular flexibility index (Phi) is 2.84. The fraction of sp³-hybridized carbons (Fsp3) is 0.588. The molecular weight excluding hydrogens is 250 g/mol. The van der Waals surface area contributed by atoms with Crippen LogP contribution in [-0.2, 0) is 11.3 Å². The molecule has 2 heterocycles. The third-order valence-corrected chi connectivity index (χ3v) is 5.36. The van der Waals surface area contributed by atoms with Gasteiger partial charge in [0.1, 0.15) is 0 Å². The van der Waals surface area contributed by atoms with Gasteiger partial charge in [0.2, 0.25) is 0 Å². The summed E-state index contributed by atoms with van der Waals surface area (Å²) in [6.45, 7) is 0.930. The highest BCUT2D eigenvalue weighted by Gasteiger charge is 2.48. The van der Waals surface area contributed by atoms with Crippen molar-refractivity contribution in [3.63, 3.8) is 0 Å². The summed E-state index contributed by atoms with van der Waals surface area (Å²) in [7, 11) is 0. The Morgan fingerprint density at radius 2 is 2.10 bits per heavy atom. The van der Waals surface area contributed by atoms with Gasteiger partial charge in [-0.2, -0.15) is 0 Å². The second-order valence-corrected chi connectivity index (χ2v) is 6.67. The molecule has 2 bridgehead atoms. The van der Waals surface area contributed by atoms with Gasteiger partial charge in [0.15, 0.2) is 0 Å². The van der Waals surface area contributed by atoms with Crippen molar-refractivity contribution in [1.82, 2.24) is 4.90 Å². The van der Waals surface area contributed by atoms with Gasteiger partial charge in [-0.15, -0.1) is 0 Å². The standard InChI is InChI=1S/C17H21NO2/c19-17(20)15-9-14-6-7-16(15)18(14)10-11-2-1-3-13(8-11)12-4-5-12/h1-3,8,12,14-16H,4-7,9-10H2,(H,19,20). The van der Waals surface area contributed by atoms with E-state index in [4.69, 9.17) is 0 Å². The summed E-state index contributed by atoms with van der Waals surface area (Å²) in [6.07, 6.45) is 5.75. The lowest BCUT2D eigenvalue weighted by molar-refractivity contribution is -0.142. The van der Waals surface area contributed by atoms with Gasteiger partial charge in [-0.1, -0.05) is 24.3 Å². The summed E-state index contributed by atoms with van der Waals surface area (Å²) in [6, 6.07) is 9.69. The second-order valence-electron chi connectivity index (χ2n) is 6.67. The van der Waals surface area contributed by atoms with E-state index >= 15 is 0 Å². The summed E-state index contributed by atoms with van der Waals surface area (Å²) in [5, 5.41) is 9.32. The molecule has 3 aliphatic rings. The zero-order valence-electron chi connectivity index (χ0n) is 11.7. The molecule has 0 spiro atoms. The molecule has 1 saturated carbocycles. The fourth-order valence-electron chi connectivity index (χ4n) is 4.19. The first-order chi connectivity index (χ1) is 9.72. The highest BCUT2D eigenvalue weighted by Crippen LogP contribution is 2.43. The summed E-state index contributed by atoms with van der Waals surface area (Å²) < 4.78 is 0. The molecule has 0 aromatic heterocycles. The number of fused-ring (bicyclic) bond motifs is 2. The van der Waals surface area contributed by atoms with Crippen molar-refractivity contribution in [2.75, 3.05) is 0 Å². The molecule has 3 atom stereocenters. The molecule has 0 radical (unpaired) electrons. The molecule has 3 heteroatoms. The van der Waals surface area contributed by atoms with Crippen LogP contribution in [0.2, 0.25) is 0 Å². The molecular formula is C17H21NO2. The number of rotatable bonds is 4. The van der Waals surface area contributed by atoms with Crippen LogP contribution in [0.1, 0.15) is 49.1 Å². The Labute approximate surface area is 119 Å². The molecule has 3 nitrogen and oxygen atoms in total. The van der Waals surface area contributed by atoms with E-state index in [-0.39, 0.29) is 12.0 Å². The fourth-order valence-corrected chi connectivity index (χ4v) is 4.19. The van der Waals surface area contributed by atoms with E-state index in [0.29, 0.717) is 6.04 Å². The van der Waals surface area contributed by atoms with Gasteiger partial charge < -0.3 is 5.11 Å². The molecule has 106 valence electrons. The Morgan fingerprint density at radius 1 is 1.25 bits per heavy atom. The van der Waals surface area contributed by atoms with Crippen molar-refractivity contribution in [1.29, 1.82) is 0 Å². The molecule has 2 saturated heterocycles. The number of benzene rings is 1. The number of carbonyl (C=O) groups is 1. The molecule has 2 aliphatic heterocycles. The van der Waals surface area contributed by atoms with Crippen LogP contribution in [0.15, 0.2) is 24.3 Å². The van der Waals surface area contributed by atoms with Gasteiger partial charge in [-0.3, -0.25) is 9.69 Å². The molecule has 3 unspecified atom stereocenters. The van der Waals surface area contributed by atoms with Crippen LogP contribution < -0.4 is 0 Å². The van der Waals surface area contributed by atoms with Gasteiger partial charge in [-0.05, 0) is 49.1 Å². The molecule has 1 aromatic carbocycles. The number of hydrogen-bond acceptors (Lipinski definition) is 2. The van der Waals surface area contributed by atoms with Crippen LogP contribution in [0.3, 0.4) is 0 Å². The van der Waals surface area contributed by atoms with Crippen molar-refractivity contribution >= 4 is 5.97 Å². The smallest absolute Gasteiger partial charge is 0.308 e. The second kappa shape index (κ2) is 4.59. The predicted octanol–water partition coefficient (Wildman–Crippen LogP) is 3.00. The van der Waals surface area contributed by atoms with Crippen LogP contribution >= 0.6 is 0 Å². The van der Waals surface area contributed by atoms with E-state index in [1.165, 1.54) is 30.4 Å². The quantitative estimate of drug-likeness (QED) is 0.915. The Hall–Kier alpha value is -1.35. The predicted molar refractivity (Wildman–Crippen MR) is 76.5 cm³/mol. The average Bonchev–Trinajstić information content (AvgIpc) is 3.18. The highest BCUT2D eigenvalue weighted by atomic mass is 16.4. The molecule has 1 aliphatic carbocycles. The summed E-state index contributed by atoms with van der Waals surface area (Å²) in [5.74, 6) is 0.0475. The zero-order valence-corrected chi connectivity index (χ0v) is 11.7. The molecule has 3 fully saturated rings. The van der Waals surface area contributed by atoms with Crippen molar-refractivity contribution in [2.45, 2.75) is 56.7 Å². The van der Waals surface area contributed by atoms with E-state index in [1.54, 1.807) is 0 Å². The summed E-state index contributed by atoms with van der Waals surface area (Å²) in [5.41, 5.74) is 2.83. The monoisotopic (exact) mass is 271 g/mol. The minimum Gasteiger partial charge on any atom is -0.481 e. The topological polar surface area (TPSA) is 40.5 Å². The van der Waals surface area contributed by atoms with E-state index in [0.717, 1.165) is 25.3 Å². The van der Waals surface area contributed by atoms with Crippen LogP contribution in [0, 0.1) is 5.92 Å². The van der Waals surface area contributed by atoms with Gasteiger partial charge in [-0.25, -0.2) is 0 Å². The number of nitrogens with zero attached hydrogens (tertiary/aromatic N) is 1. The number of hydrogen-bond donors (Lipinski definition) is 1. The summed E-state index contributed by atoms with van der Waals surface area (Å²) in [4.78, 5) is 13.8. The molecule has 0 amide bonds. The summed E-state index contributed by atoms with van der Waals surface area (Å²) >= 11 is 0. The first kappa shape index (κ1) is 12.4. The normalized spacial score (nSPS) is 32.7. The van der Waals surface area contributed by atoms with E-state index in [1.807, 2.05) is 0 Å². The van der Waals surface area contributed by atoms with Crippen LogP contribution in [0.5, 0.6) is 0 Å². The van der Waals surface area contributed by atoms with Crippen LogP contribution in [0.25, 0.3) is 0 Å². The van der Waals surface area contributed by atoms with E-state index in [2.05, 4.69) is 29.2 Å². The Bertz CT molecular complexity index is 538. The van der Waals surface area contributed by atoms with E-state index < -0.39 is 5.97 Å². The Balaban J connectivity index is 1.52. The number of aliphatic carboxylic acids is 1. The lowest BCUT2D eigenvalue weighted by Gasteiger charge is -2.23. The van der Waals surface area contributed by atoms with Gasteiger partial charge in [0, 0.05) is 18.6 Å². The zero-order chi connectivity index (χ0) is 13.7. The maximum absolute atomic E-state index is 11.3. The largest absolute Gasteiger partial charge is 0.481 e. The van der Waals surface area contributed by atoms with Crippen molar-refractivity contribution in [2.24, 2.45) is 5.92 Å². The third kappa shape index (κ3) is 2.05. The molecule has 4 rings (SSSR count). The van der Waals surface area contributed by atoms with Gasteiger partial charge in [0.05, 0.1) is 5.92 Å². The van der Waals surface area contributed by atoms with Gasteiger partial charge >= 0.3 is 5.97 Å². The van der Waals surface area contributed by atoms with Crippen LogP contribution in [0.4, 0.5) is 0 Å². The van der Waals surface area contributed by atoms with Crippen LogP contribution in [-0.4, -0.2) is 28.1 Å². The first-order valence-electron chi connectivity index (χ1n) is 7.80. The highest BCUT2D eigenvalue weighted by molar-refractivity contribution is 5.71. The molecule has 1 N–H and O–H groups in total. The maximum atomic E-state index is 11.3. The van der Waals surface area contributed by atoms with Gasteiger partial charge in [0.25, 0.3) is 0 Å². The average molecular weight is 271 g/mol. The molecule has 1 aromatic rings. The van der Waals surface area contributed by atoms with Crippen molar-refractivity contribution in [3.8, 4) is 0 Å². The van der Waals surface area contributed by atoms with Crippen molar-refractivity contribution in [3.05, 3.63) is 35.4 Å². The first-order valence-corrected chi connectivity index (χ1v) is 7.80. The minimum atomic E-state index is -0.603. The maximum Gasteiger partial charge on any atom is 0.308 e.